The molecule has 1 amide bonds. The highest BCUT2D eigenvalue weighted by Crippen LogP contribution is 2.13. The van der Waals surface area contributed by atoms with Crippen molar-refractivity contribution in [2.24, 2.45) is 0 Å². The molecule has 2 atom stereocenters. The largest absolute Gasteiger partial charge is 0.460 e. The van der Waals surface area contributed by atoms with Crippen LogP contribution in [0.2, 0.25) is 0 Å². The van der Waals surface area contributed by atoms with Gasteiger partial charge in [-0.1, -0.05) is 0 Å². The molecule has 0 aromatic rings. The molecule has 0 bridgehead atoms. The Morgan fingerprint density at radius 2 is 2.20 bits per heavy atom. The third-order valence-electron chi connectivity index (χ3n) is 1.68. The van der Waals surface area contributed by atoms with E-state index in [1.165, 1.54) is 0 Å². The van der Waals surface area contributed by atoms with Gasteiger partial charge in [-0.05, 0) is 20.8 Å². The van der Waals surface area contributed by atoms with E-state index in [1.54, 1.807) is 20.8 Å². The molecule has 6 nitrogen and oxygen atoms in total. The molecule has 1 aliphatic heterocycles. The molecule has 0 aliphatic carbocycles. The highest BCUT2D eigenvalue weighted by Gasteiger charge is 2.35. The van der Waals surface area contributed by atoms with Crippen LogP contribution < -0.4 is 5.32 Å². The van der Waals surface area contributed by atoms with E-state index in [2.05, 4.69) is 10.1 Å². The molecule has 0 radical (unpaired) electrons. The van der Waals surface area contributed by atoms with Crippen molar-refractivity contribution in [3.63, 3.8) is 0 Å². The van der Waals surface area contributed by atoms with Crippen molar-refractivity contribution in [3.8, 4) is 0 Å². The number of esters is 1. The summed E-state index contributed by atoms with van der Waals surface area (Å²) in [6.07, 6.45) is -2.12. The predicted octanol–water partition coefficient (Wildman–Crippen LogP) is 0.145. The number of hydrogen-bond donors (Lipinski definition) is 2. The highest BCUT2D eigenvalue weighted by atomic mass is 16.7. The maximum atomic E-state index is 11.3. The number of hydrogen-bond acceptors (Lipinski definition) is 5. The second-order valence-electron chi connectivity index (χ2n) is 4.34. The number of carbonyl (C=O) groups is 2. The van der Waals surface area contributed by atoms with E-state index in [0.717, 1.165) is 0 Å². The molecule has 2 N–H and O–H groups in total. The molecule has 1 fully saturated rings. The molecule has 1 aliphatic rings. The summed E-state index contributed by atoms with van der Waals surface area (Å²) in [5, 5.41) is 11.5. The third-order valence-corrected chi connectivity index (χ3v) is 1.68. The molecule has 86 valence electrons. The number of aliphatic hydroxyl groups is 1. The SMILES string of the molecule is CC(C)(C)OC(=O)CC1NC(=O)OC1O. The summed E-state index contributed by atoms with van der Waals surface area (Å²) in [7, 11) is 0. The van der Waals surface area contributed by atoms with E-state index in [9.17, 15) is 14.7 Å². The summed E-state index contributed by atoms with van der Waals surface area (Å²) >= 11 is 0. The standard InChI is InChI=1S/C9H15NO5/c1-9(2,3)15-6(11)4-5-7(12)14-8(13)10-5/h5,7,12H,4H2,1-3H3,(H,10,13). The Morgan fingerprint density at radius 3 is 2.60 bits per heavy atom. The number of nitrogens with one attached hydrogen (secondary N) is 1. The Morgan fingerprint density at radius 1 is 1.60 bits per heavy atom. The van der Waals surface area contributed by atoms with Gasteiger partial charge >= 0.3 is 12.1 Å². The lowest BCUT2D eigenvalue weighted by atomic mass is 10.1. The van der Waals surface area contributed by atoms with Crippen molar-refractivity contribution in [2.75, 3.05) is 0 Å². The Balaban J connectivity index is 2.42. The number of alkyl carbamates (subject to hydrolysis) is 1. The van der Waals surface area contributed by atoms with Crippen molar-refractivity contribution < 1.29 is 24.2 Å². The fourth-order valence-electron chi connectivity index (χ4n) is 1.16. The van der Waals surface area contributed by atoms with Crippen LogP contribution in [0.25, 0.3) is 0 Å². The molecule has 1 saturated heterocycles. The van der Waals surface area contributed by atoms with E-state index in [0.29, 0.717) is 0 Å². The van der Waals surface area contributed by atoms with Gasteiger partial charge in [-0.15, -0.1) is 0 Å². The number of amides is 1. The summed E-state index contributed by atoms with van der Waals surface area (Å²) in [4.78, 5) is 22.0. The van der Waals surface area contributed by atoms with Crippen LogP contribution in [-0.2, 0) is 14.3 Å². The minimum absolute atomic E-state index is 0.107. The first kappa shape index (κ1) is 11.8. The van der Waals surface area contributed by atoms with Crippen molar-refractivity contribution in [1.29, 1.82) is 0 Å². The van der Waals surface area contributed by atoms with Crippen molar-refractivity contribution in [1.82, 2.24) is 5.32 Å². The van der Waals surface area contributed by atoms with Crippen LogP contribution in [0.15, 0.2) is 0 Å². The van der Waals surface area contributed by atoms with Crippen LogP contribution in [0.1, 0.15) is 27.2 Å². The molecule has 15 heavy (non-hydrogen) atoms. The topological polar surface area (TPSA) is 84.9 Å². The molecule has 2 unspecified atom stereocenters. The quantitative estimate of drug-likeness (QED) is 0.643. The molecule has 0 spiro atoms. The van der Waals surface area contributed by atoms with E-state index < -0.39 is 30.0 Å². The Labute approximate surface area is 87.5 Å². The lowest BCUT2D eigenvalue weighted by molar-refractivity contribution is -0.157. The zero-order chi connectivity index (χ0) is 11.6. The van der Waals surface area contributed by atoms with Crippen LogP contribution in [0.4, 0.5) is 4.79 Å². The molecule has 1 rings (SSSR count). The van der Waals surface area contributed by atoms with Gasteiger partial charge in [0.1, 0.15) is 11.6 Å². The predicted molar refractivity (Wildman–Crippen MR) is 49.9 cm³/mol. The summed E-state index contributed by atoms with van der Waals surface area (Å²) in [5.74, 6) is -0.489. The number of cyclic esters (lactones) is 1. The number of ether oxygens (including phenoxy) is 2. The normalized spacial score (nSPS) is 25.7. The second kappa shape index (κ2) is 4.06. The van der Waals surface area contributed by atoms with Gasteiger partial charge in [0, 0.05) is 0 Å². The molecule has 0 saturated carbocycles. The Bertz CT molecular complexity index is 270. The average Bonchev–Trinajstić information content (AvgIpc) is 2.25. The van der Waals surface area contributed by atoms with Crippen molar-refractivity contribution in [2.45, 2.75) is 45.1 Å². The zero-order valence-electron chi connectivity index (χ0n) is 8.94. The monoisotopic (exact) mass is 217 g/mol. The molecule has 0 aromatic heterocycles. The van der Waals surface area contributed by atoms with E-state index >= 15 is 0 Å². The fraction of sp³-hybridized carbons (Fsp3) is 0.778. The molecule has 0 aromatic carbocycles. The van der Waals surface area contributed by atoms with E-state index in [1.807, 2.05) is 0 Å². The van der Waals surface area contributed by atoms with Gasteiger partial charge in [0.2, 0.25) is 6.29 Å². The molecule has 6 heteroatoms. The van der Waals surface area contributed by atoms with Gasteiger partial charge in [-0.25, -0.2) is 4.79 Å². The lowest BCUT2D eigenvalue weighted by Gasteiger charge is -2.20. The maximum absolute atomic E-state index is 11.3. The van der Waals surface area contributed by atoms with Crippen LogP contribution in [0.3, 0.4) is 0 Å². The van der Waals surface area contributed by atoms with Crippen LogP contribution in [0.5, 0.6) is 0 Å². The lowest BCUT2D eigenvalue weighted by Crippen LogP contribution is -2.36. The third kappa shape index (κ3) is 3.75. The maximum Gasteiger partial charge on any atom is 0.409 e. The Kier molecular flexibility index (Phi) is 3.18. The minimum Gasteiger partial charge on any atom is -0.460 e. The summed E-state index contributed by atoms with van der Waals surface area (Å²) in [6, 6.07) is -0.729. The van der Waals surface area contributed by atoms with Crippen LogP contribution in [-0.4, -0.2) is 35.1 Å². The van der Waals surface area contributed by atoms with Gasteiger partial charge in [0.25, 0.3) is 0 Å². The first-order valence-electron chi connectivity index (χ1n) is 4.65. The minimum atomic E-state index is -1.29. The van der Waals surface area contributed by atoms with E-state index in [-0.39, 0.29) is 6.42 Å². The number of aliphatic hydroxyl groups excluding tert-OH is 1. The highest BCUT2D eigenvalue weighted by molar-refractivity contribution is 5.74. The van der Waals surface area contributed by atoms with E-state index in [4.69, 9.17) is 4.74 Å². The van der Waals surface area contributed by atoms with Gasteiger partial charge in [0.15, 0.2) is 0 Å². The first-order valence-corrected chi connectivity index (χ1v) is 4.65. The van der Waals surface area contributed by atoms with Gasteiger partial charge in [-0.3, -0.25) is 4.79 Å². The zero-order valence-corrected chi connectivity index (χ0v) is 8.94. The molecular weight excluding hydrogens is 202 g/mol. The Hall–Kier alpha value is -1.30. The second-order valence-corrected chi connectivity index (χ2v) is 4.34. The molecular formula is C9H15NO5. The van der Waals surface area contributed by atoms with Crippen molar-refractivity contribution in [3.05, 3.63) is 0 Å². The molecule has 1 heterocycles. The van der Waals surface area contributed by atoms with Crippen LogP contribution >= 0.6 is 0 Å². The van der Waals surface area contributed by atoms with Gasteiger partial charge < -0.3 is 19.9 Å². The number of carbonyl (C=O) groups excluding carboxylic acids is 2. The first-order chi connectivity index (χ1) is 6.78. The number of rotatable bonds is 2. The smallest absolute Gasteiger partial charge is 0.409 e. The summed E-state index contributed by atoms with van der Waals surface area (Å²) in [6.45, 7) is 5.22. The average molecular weight is 217 g/mol. The summed E-state index contributed by atoms with van der Waals surface area (Å²) < 4.78 is 9.43. The fourth-order valence-corrected chi connectivity index (χ4v) is 1.16. The van der Waals surface area contributed by atoms with Gasteiger partial charge in [0.05, 0.1) is 6.42 Å². The van der Waals surface area contributed by atoms with Gasteiger partial charge in [-0.2, -0.15) is 0 Å². The van der Waals surface area contributed by atoms with Crippen molar-refractivity contribution >= 4 is 12.1 Å². The van der Waals surface area contributed by atoms with Crippen LogP contribution in [0, 0.1) is 0 Å². The summed E-state index contributed by atoms with van der Waals surface area (Å²) in [5.41, 5.74) is -0.578.